The molecular formula is C17H21N3O2S. The van der Waals surface area contributed by atoms with E-state index in [1.165, 1.54) is 11.8 Å². The van der Waals surface area contributed by atoms with Gasteiger partial charge in [-0.2, -0.15) is 0 Å². The monoisotopic (exact) mass is 331 g/mol. The fourth-order valence-corrected chi connectivity index (χ4v) is 2.83. The highest BCUT2D eigenvalue weighted by Crippen LogP contribution is 2.17. The number of nitrogens with zero attached hydrogens (tertiary/aromatic N) is 2. The summed E-state index contributed by atoms with van der Waals surface area (Å²) >= 11 is 1.51. The molecule has 6 heteroatoms. The van der Waals surface area contributed by atoms with Crippen LogP contribution in [0.15, 0.2) is 29.4 Å². The number of anilines is 1. The molecule has 1 aromatic carbocycles. The van der Waals surface area contributed by atoms with Crippen LogP contribution in [0.25, 0.3) is 0 Å². The Labute approximate surface area is 140 Å². The number of rotatable bonds is 6. The molecular weight excluding hydrogens is 310 g/mol. The molecule has 0 saturated carbocycles. The minimum atomic E-state index is -0.0622. The zero-order chi connectivity index (χ0) is 16.8. The first-order valence-corrected chi connectivity index (χ1v) is 8.63. The van der Waals surface area contributed by atoms with E-state index in [4.69, 9.17) is 5.11 Å². The lowest BCUT2D eigenvalue weighted by atomic mass is 10.1. The summed E-state index contributed by atoms with van der Waals surface area (Å²) in [4.78, 5) is 21.0. The number of thioether (sulfide) groups is 1. The van der Waals surface area contributed by atoms with Crippen LogP contribution in [0, 0.1) is 13.8 Å². The summed E-state index contributed by atoms with van der Waals surface area (Å²) < 4.78 is 0. The van der Waals surface area contributed by atoms with Gasteiger partial charge in [-0.3, -0.25) is 4.79 Å². The van der Waals surface area contributed by atoms with E-state index >= 15 is 0 Å². The number of carbonyl (C=O) groups excluding carboxylic acids is 1. The van der Waals surface area contributed by atoms with Gasteiger partial charge < -0.3 is 10.4 Å². The molecule has 0 fully saturated rings. The molecule has 5 nitrogen and oxygen atoms in total. The highest BCUT2D eigenvalue weighted by Gasteiger charge is 2.11. The normalized spacial score (nSPS) is 10.6. The number of aryl methyl sites for hydroxylation is 2. The van der Waals surface area contributed by atoms with Crippen LogP contribution in [0.2, 0.25) is 0 Å². The number of carbonyl (C=O) groups is 1. The van der Waals surface area contributed by atoms with Crippen molar-refractivity contribution in [3.05, 3.63) is 46.8 Å². The second kappa shape index (κ2) is 8.08. The van der Waals surface area contributed by atoms with Crippen molar-refractivity contribution in [2.75, 3.05) is 11.6 Å². The molecule has 0 radical (unpaired) electrons. The smallest absolute Gasteiger partial charge is 0.224 e. The van der Waals surface area contributed by atoms with E-state index < -0.39 is 0 Å². The van der Waals surface area contributed by atoms with Gasteiger partial charge in [0.25, 0.3) is 0 Å². The van der Waals surface area contributed by atoms with Gasteiger partial charge in [0.2, 0.25) is 5.91 Å². The van der Waals surface area contributed by atoms with Crippen molar-refractivity contribution in [2.24, 2.45) is 0 Å². The fraction of sp³-hybridized carbons (Fsp3) is 0.353. The maximum Gasteiger partial charge on any atom is 0.224 e. The van der Waals surface area contributed by atoms with Crippen molar-refractivity contribution in [1.82, 2.24) is 9.97 Å². The summed E-state index contributed by atoms with van der Waals surface area (Å²) in [5.41, 5.74) is 4.36. The Bertz CT molecular complexity index is 681. The number of nitrogens with one attached hydrogen (secondary N) is 1. The average molecular weight is 331 g/mol. The molecule has 2 rings (SSSR count). The minimum absolute atomic E-state index is 0.0404. The predicted molar refractivity (Wildman–Crippen MR) is 92.6 cm³/mol. The van der Waals surface area contributed by atoms with Gasteiger partial charge >= 0.3 is 0 Å². The van der Waals surface area contributed by atoms with Crippen molar-refractivity contribution in [3.63, 3.8) is 0 Å². The quantitative estimate of drug-likeness (QED) is 0.629. The van der Waals surface area contributed by atoms with Gasteiger partial charge in [-0.25, -0.2) is 9.97 Å². The Morgan fingerprint density at radius 3 is 2.57 bits per heavy atom. The Morgan fingerprint density at radius 2 is 1.96 bits per heavy atom. The molecule has 2 N–H and O–H groups in total. The van der Waals surface area contributed by atoms with E-state index in [1.807, 2.05) is 38.3 Å². The van der Waals surface area contributed by atoms with Gasteiger partial charge in [-0.15, -0.1) is 0 Å². The molecule has 2 aromatic rings. The molecule has 23 heavy (non-hydrogen) atoms. The van der Waals surface area contributed by atoms with E-state index in [2.05, 4.69) is 15.3 Å². The van der Waals surface area contributed by atoms with Crippen molar-refractivity contribution in [2.45, 2.75) is 38.5 Å². The molecule has 0 aliphatic carbocycles. The molecule has 1 aromatic heterocycles. The first-order valence-electron chi connectivity index (χ1n) is 7.41. The third-order valence-electron chi connectivity index (χ3n) is 3.58. The molecule has 1 amide bonds. The largest absolute Gasteiger partial charge is 0.392 e. The minimum Gasteiger partial charge on any atom is -0.392 e. The number of aliphatic hydroxyl groups is 1. The summed E-state index contributed by atoms with van der Waals surface area (Å²) in [6.45, 7) is 3.86. The topological polar surface area (TPSA) is 75.1 Å². The standard InChI is InChI=1S/C17H21N3O2S/c1-11-15(12(2)19-17(18-11)23-3)7-8-16(22)20-14-6-4-5-13(9-14)10-21/h4-6,9,21H,7-8,10H2,1-3H3,(H,20,22). The average Bonchev–Trinajstić information content (AvgIpc) is 2.54. The maximum atomic E-state index is 12.1. The van der Waals surface area contributed by atoms with Crippen LogP contribution in [-0.4, -0.2) is 27.2 Å². The number of amides is 1. The number of hydrogen-bond donors (Lipinski definition) is 2. The number of benzene rings is 1. The van der Waals surface area contributed by atoms with Gasteiger partial charge in [0.15, 0.2) is 5.16 Å². The van der Waals surface area contributed by atoms with Crippen molar-refractivity contribution >= 4 is 23.4 Å². The molecule has 122 valence electrons. The second-order valence-electron chi connectivity index (χ2n) is 5.27. The molecule has 0 aliphatic rings. The summed E-state index contributed by atoms with van der Waals surface area (Å²) in [6, 6.07) is 7.20. The molecule has 0 atom stereocenters. The lowest BCUT2D eigenvalue weighted by molar-refractivity contribution is -0.116. The van der Waals surface area contributed by atoms with E-state index in [0.29, 0.717) is 18.5 Å². The van der Waals surface area contributed by atoms with Crippen molar-refractivity contribution in [1.29, 1.82) is 0 Å². The first-order chi connectivity index (χ1) is 11.0. The Morgan fingerprint density at radius 1 is 1.26 bits per heavy atom. The van der Waals surface area contributed by atoms with Gasteiger partial charge in [0.1, 0.15) is 0 Å². The zero-order valence-corrected chi connectivity index (χ0v) is 14.4. The summed E-state index contributed by atoms with van der Waals surface area (Å²) in [5.74, 6) is -0.0622. The third kappa shape index (κ3) is 4.77. The maximum absolute atomic E-state index is 12.1. The van der Waals surface area contributed by atoms with Crippen LogP contribution in [-0.2, 0) is 17.8 Å². The van der Waals surface area contributed by atoms with Crippen LogP contribution in [0.4, 0.5) is 5.69 Å². The lowest BCUT2D eigenvalue weighted by Gasteiger charge is -2.10. The Balaban J connectivity index is 1.99. The number of aromatic nitrogens is 2. The molecule has 0 aliphatic heterocycles. The number of aliphatic hydroxyl groups excluding tert-OH is 1. The fourth-order valence-electron chi connectivity index (χ4n) is 2.37. The van der Waals surface area contributed by atoms with Crippen LogP contribution >= 0.6 is 11.8 Å². The summed E-state index contributed by atoms with van der Waals surface area (Å²) in [6.07, 6.45) is 2.92. The van der Waals surface area contributed by atoms with Gasteiger partial charge in [-0.05, 0) is 49.8 Å². The van der Waals surface area contributed by atoms with Gasteiger partial charge in [0, 0.05) is 23.5 Å². The van der Waals surface area contributed by atoms with Gasteiger partial charge in [0.05, 0.1) is 6.61 Å². The Kier molecular flexibility index (Phi) is 6.12. The molecule has 1 heterocycles. The SMILES string of the molecule is CSc1nc(C)c(CCC(=O)Nc2cccc(CO)c2)c(C)n1. The van der Waals surface area contributed by atoms with E-state index in [0.717, 1.165) is 27.7 Å². The van der Waals surface area contributed by atoms with Crippen LogP contribution in [0.1, 0.15) is 28.9 Å². The molecule has 0 bridgehead atoms. The van der Waals surface area contributed by atoms with Gasteiger partial charge in [-0.1, -0.05) is 23.9 Å². The summed E-state index contributed by atoms with van der Waals surface area (Å²) in [7, 11) is 0. The Hall–Kier alpha value is -1.92. The zero-order valence-electron chi connectivity index (χ0n) is 13.6. The van der Waals surface area contributed by atoms with Crippen LogP contribution in [0.3, 0.4) is 0 Å². The predicted octanol–water partition coefficient (Wildman–Crippen LogP) is 2.88. The van der Waals surface area contributed by atoms with Crippen molar-refractivity contribution < 1.29 is 9.90 Å². The van der Waals surface area contributed by atoms with E-state index in [9.17, 15) is 4.79 Å². The van der Waals surface area contributed by atoms with Crippen molar-refractivity contribution in [3.8, 4) is 0 Å². The lowest BCUT2D eigenvalue weighted by Crippen LogP contribution is -2.14. The molecule has 0 spiro atoms. The highest BCUT2D eigenvalue weighted by molar-refractivity contribution is 7.98. The third-order valence-corrected chi connectivity index (χ3v) is 4.13. The van der Waals surface area contributed by atoms with Crippen LogP contribution in [0.5, 0.6) is 0 Å². The van der Waals surface area contributed by atoms with E-state index in [1.54, 1.807) is 6.07 Å². The summed E-state index contributed by atoms with van der Waals surface area (Å²) in [5, 5.41) is 12.7. The molecule has 0 saturated heterocycles. The first kappa shape index (κ1) is 17.4. The second-order valence-corrected chi connectivity index (χ2v) is 6.04. The van der Waals surface area contributed by atoms with Crippen LogP contribution < -0.4 is 5.32 Å². The molecule has 0 unspecified atom stereocenters. The highest BCUT2D eigenvalue weighted by atomic mass is 32.2. The van der Waals surface area contributed by atoms with E-state index in [-0.39, 0.29) is 12.5 Å². The number of hydrogen-bond acceptors (Lipinski definition) is 5.